The zero-order valence-corrected chi connectivity index (χ0v) is 11.0. The molecule has 0 heterocycles. The fourth-order valence-corrected chi connectivity index (χ4v) is 1.77. The molecule has 0 aliphatic rings. The summed E-state index contributed by atoms with van der Waals surface area (Å²) in [6.45, 7) is 5.41. The average Bonchev–Trinajstić information content (AvgIpc) is 2.26. The summed E-state index contributed by atoms with van der Waals surface area (Å²) in [4.78, 5) is 2.12. The second-order valence-electron chi connectivity index (χ2n) is 4.34. The van der Waals surface area contributed by atoms with Gasteiger partial charge in [0.05, 0.1) is 0 Å². The molecule has 96 valence electrons. The van der Waals surface area contributed by atoms with E-state index in [0.29, 0.717) is 24.0 Å². The normalized spacial score (nSPS) is 11.5. The van der Waals surface area contributed by atoms with Crippen molar-refractivity contribution in [2.75, 3.05) is 12.4 Å². The molecule has 0 N–H and O–H groups in total. The number of rotatable bonds is 6. The Morgan fingerprint density at radius 3 is 2.53 bits per heavy atom. The molecule has 0 bridgehead atoms. The first-order chi connectivity index (χ1) is 8.04. The topological polar surface area (TPSA) is 3.24 Å². The Hall–Kier alpha value is -0.670. The standard InChI is InChI=1S/C13H18ClF2N/c1-10(2)17(7-3-6-14)9-11-4-5-12(15)8-13(11)16/h4-5,8,10H,3,6-7,9H2,1-2H3. The molecule has 1 aromatic carbocycles. The molecule has 0 amide bonds. The van der Waals surface area contributed by atoms with Gasteiger partial charge in [0.15, 0.2) is 0 Å². The summed E-state index contributed by atoms with van der Waals surface area (Å²) in [6.07, 6.45) is 0.864. The van der Waals surface area contributed by atoms with Crippen LogP contribution in [0.3, 0.4) is 0 Å². The summed E-state index contributed by atoms with van der Waals surface area (Å²) in [5, 5.41) is 0. The molecular formula is C13H18ClF2N. The van der Waals surface area contributed by atoms with Gasteiger partial charge < -0.3 is 0 Å². The highest BCUT2D eigenvalue weighted by molar-refractivity contribution is 6.17. The summed E-state index contributed by atoms with van der Waals surface area (Å²) >= 11 is 5.65. The van der Waals surface area contributed by atoms with E-state index in [9.17, 15) is 8.78 Å². The number of alkyl halides is 1. The van der Waals surface area contributed by atoms with E-state index >= 15 is 0 Å². The van der Waals surface area contributed by atoms with Crippen molar-refractivity contribution in [3.8, 4) is 0 Å². The third kappa shape index (κ3) is 4.60. The lowest BCUT2D eigenvalue weighted by molar-refractivity contribution is 0.211. The first-order valence-electron chi connectivity index (χ1n) is 5.78. The SMILES string of the molecule is CC(C)N(CCCCl)Cc1ccc(F)cc1F. The summed E-state index contributed by atoms with van der Waals surface area (Å²) < 4.78 is 26.3. The van der Waals surface area contributed by atoms with E-state index in [0.717, 1.165) is 19.0 Å². The number of halogens is 3. The van der Waals surface area contributed by atoms with Crippen LogP contribution in [-0.4, -0.2) is 23.4 Å². The van der Waals surface area contributed by atoms with E-state index in [4.69, 9.17) is 11.6 Å². The molecule has 0 saturated heterocycles. The van der Waals surface area contributed by atoms with E-state index in [-0.39, 0.29) is 0 Å². The van der Waals surface area contributed by atoms with E-state index in [1.165, 1.54) is 12.1 Å². The van der Waals surface area contributed by atoms with Crippen molar-refractivity contribution in [1.29, 1.82) is 0 Å². The highest BCUT2D eigenvalue weighted by Gasteiger charge is 2.12. The molecule has 0 aliphatic carbocycles. The fourth-order valence-electron chi connectivity index (χ4n) is 1.65. The molecule has 0 unspecified atom stereocenters. The van der Waals surface area contributed by atoms with Crippen molar-refractivity contribution in [3.05, 3.63) is 35.4 Å². The van der Waals surface area contributed by atoms with Crippen LogP contribution in [0, 0.1) is 11.6 Å². The van der Waals surface area contributed by atoms with Crippen molar-refractivity contribution in [3.63, 3.8) is 0 Å². The third-order valence-corrected chi connectivity index (χ3v) is 2.97. The van der Waals surface area contributed by atoms with E-state index < -0.39 is 11.6 Å². The van der Waals surface area contributed by atoms with Gasteiger partial charge in [-0.05, 0) is 32.9 Å². The van der Waals surface area contributed by atoms with E-state index in [2.05, 4.69) is 18.7 Å². The first kappa shape index (κ1) is 14.4. The van der Waals surface area contributed by atoms with Crippen LogP contribution in [0.5, 0.6) is 0 Å². The molecule has 1 aromatic rings. The quantitative estimate of drug-likeness (QED) is 0.704. The number of benzene rings is 1. The summed E-state index contributed by atoms with van der Waals surface area (Å²) in [5.74, 6) is -0.431. The summed E-state index contributed by atoms with van der Waals surface area (Å²) in [7, 11) is 0. The van der Waals surface area contributed by atoms with Crippen LogP contribution in [-0.2, 0) is 6.54 Å². The summed E-state index contributed by atoms with van der Waals surface area (Å²) in [6, 6.07) is 4.02. The van der Waals surface area contributed by atoms with Crippen molar-refractivity contribution < 1.29 is 8.78 Å². The Kier molecular flexibility index (Phi) is 5.86. The number of nitrogens with zero attached hydrogens (tertiary/aromatic N) is 1. The number of hydrogen-bond acceptors (Lipinski definition) is 1. The summed E-state index contributed by atoms with van der Waals surface area (Å²) in [5.41, 5.74) is 0.523. The van der Waals surface area contributed by atoms with E-state index in [1.54, 1.807) is 0 Å². The molecular weight excluding hydrogens is 244 g/mol. The average molecular weight is 262 g/mol. The smallest absolute Gasteiger partial charge is 0.130 e. The lowest BCUT2D eigenvalue weighted by Crippen LogP contribution is -2.31. The van der Waals surface area contributed by atoms with Crippen LogP contribution in [0.15, 0.2) is 18.2 Å². The van der Waals surface area contributed by atoms with Crippen molar-refractivity contribution in [2.45, 2.75) is 32.9 Å². The highest BCUT2D eigenvalue weighted by Crippen LogP contribution is 2.14. The molecule has 0 spiro atoms. The van der Waals surface area contributed by atoms with Gasteiger partial charge in [0.25, 0.3) is 0 Å². The van der Waals surface area contributed by atoms with Crippen LogP contribution in [0.25, 0.3) is 0 Å². The van der Waals surface area contributed by atoms with E-state index in [1.807, 2.05) is 0 Å². The minimum atomic E-state index is -0.539. The van der Waals surface area contributed by atoms with Gasteiger partial charge in [-0.15, -0.1) is 11.6 Å². The van der Waals surface area contributed by atoms with Crippen LogP contribution in [0.4, 0.5) is 8.78 Å². The van der Waals surface area contributed by atoms with Gasteiger partial charge in [0, 0.05) is 30.1 Å². The lowest BCUT2D eigenvalue weighted by Gasteiger charge is -2.26. The zero-order valence-electron chi connectivity index (χ0n) is 10.2. The Balaban J connectivity index is 2.71. The maximum atomic E-state index is 13.5. The minimum Gasteiger partial charge on any atom is -0.297 e. The molecule has 1 nitrogen and oxygen atoms in total. The molecule has 0 aromatic heterocycles. The second-order valence-corrected chi connectivity index (χ2v) is 4.72. The Morgan fingerprint density at radius 2 is 2.00 bits per heavy atom. The zero-order chi connectivity index (χ0) is 12.8. The Bertz CT molecular complexity index is 355. The monoisotopic (exact) mass is 261 g/mol. The Morgan fingerprint density at radius 1 is 1.29 bits per heavy atom. The molecule has 4 heteroatoms. The van der Waals surface area contributed by atoms with Gasteiger partial charge in [-0.1, -0.05) is 6.07 Å². The molecule has 0 fully saturated rings. The Labute approximate surface area is 106 Å². The van der Waals surface area contributed by atoms with Gasteiger partial charge >= 0.3 is 0 Å². The fraction of sp³-hybridized carbons (Fsp3) is 0.538. The molecule has 1 rings (SSSR count). The van der Waals surface area contributed by atoms with Gasteiger partial charge in [-0.25, -0.2) is 8.78 Å². The predicted molar refractivity (Wildman–Crippen MR) is 67.2 cm³/mol. The molecule has 0 atom stereocenters. The van der Waals surface area contributed by atoms with Crippen molar-refractivity contribution in [2.24, 2.45) is 0 Å². The molecule has 0 radical (unpaired) electrons. The van der Waals surface area contributed by atoms with Gasteiger partial charge in [-0.3, -0.25) is 4.90 Å². The van der Waals surface area contributed by atoms with Crippen molar-refractivity contribution in [1.82, 2.24) is 4.90 Å². The van der Waals surface area contributed by atoms with Gasteiger partial charge in [0.2, 0.25) is 0 Å². The highest BCUT2D eigenvalue weighted by atomic mass is 35.5. The minimum absolute atomic E-state index is 0.308. The second kappa shape index (κ2) is 6.92. The van der Waals surface area contributed by atoms with Crippen LogP contribution < -0.4 is 0 Å². The maximum absolute atomic E-state index is 13.5. The maximum Gasteiger partial charge on any atom is 0.130 e. The predicted octanol–water partition coefficient (Wildman–Crippen LogP) is 3.80. The first-order valence-corrected chi connectivity index (χ1v) is 6.32. The third-order valence-electron chi connectivity index (χ3n) is 2.70. The van der Waals surface area contributed by atoms with Crippen LogP contribution in [0.2, 0.25) is 0 Å². The number of hydrogen-bond donors (Lipinski definition) is 0. The largest absolute Gasteiger partial charge is 0.297 e. The lowest BCUT2D eigenvalue weighted by atomic mass is 10.1. The van der Waals surface area contributed by atoms with Crippen LogP contribution >= 0.6 is 11.6 Å². The van der Waals surface area contributed by atoms with Gasteiger partial charge in [0.1, 0.15) is 11.6 Å². The molecule has 0 aliphatic heterocycles. The van der Waals surface area contributed by atoms with Crippen molar-refractivity contribution >= 4 is 11.6 Å². The molecule has 0 saturated carbocycles. The van der Waals surface area contributed by atoms with Crippen LogP contribution in [0.1, 0.15) is 25.8 Å². The van der Waals surface area contributed by atoms with Gasteiger partial charge in [-0.2, -0.15) is 0 Å². The molecule has 17 heavy (non-hydrogen) atoms.